The highest BCUT2D eigenvalue weighted by Crippen LogP contribution is 2.57. The van der Waals surface area contributed by atoms with Crippen LogP contribution >= 0.6 is 0 Å². The SMILES string of the molecule is CN(CC(C)(C)N)C12CC3CC(CC(C3)C1)C2. The second-order valence-corrected chi connectivity index (χ2v) is 7.99. The summed E-state index contributed by atoms with van der Waals surface area (Å²) in [6.07, 6.45) is 8.93. The number of likely N-dealkylation sites (N-methyl/N-ethyl adjacent to an activating group) is 1. The van der Waals surface area contributed by atoms with Gasteiger partial charge in [0, 0.05) is 17.6 Å². The van der Waals surface area contributed by atoms with Gasteiger partial charge in [0.1, 0.15) is 0 Å². The van der Waals surface area contributed by atoms with Crippen molar-refractivity contribution >= 4 is 0 Å². The van der Waals surface area contributed by atoms with E-state index >= 15 is 0 Å². The molecule has 0 aliphatic heterocycles. The van der Waals surface area contributed by atoms with Gasteiger partial charge < -0.3 is 5.73 Å². The van der Waals surface area contributed by atoms with Crippen LogP contribution in [0.4, 0.5) is 0 Å². The Labute approximate surface area is 106 Å². The Bertz CT molecular complexity index is 267. The molecule has 4 aliphatic rings. The van der Waals surface area contributed by atoms with Crippen LogP contribution in [-0.2, 0) is 0 Å². The largest absolute Gasteiger partial charge is 0.324 e. The molecule has 0 radical (unpaired) electrons. The zero-order valence-corrected chi connectivity index (χ0v) is 11.7. The molecular formula is C15H28N2. The van der Waals surface area contributed by atoms with E-state index in [1.54, 1.807) is 0 Å². The minimum Gasteiger partial charge on any atom is -0.324 e. The maximum Gasteiger partial charge on any atom is 0.0226 e. The summed E-state index contributed by atoms with van der Waals surface area (Å²) in [6.45, 7) is 5.35. The van der Waals surface area contributed by atoms with Crippen molar-refractivity contribution in [3.63, 3.8) is 0 Å². The van der Waals surface area contributed by atoms with Gasteiger partial charge in [-0.2, -0.15) is 0 Å². The average molecular weight is 236 g/mol. The third-order valence-corrected chi connectivity index (χ3v) is 5.46. The normalized spacial score (nSPS) is 44.6. The molecule has 2 nitrogen and oxygen atoms in total. The lowest BCUT2D eigenvalue weighted by Gasteiger charge is -2.60. The highest BCUT2D eigenvalue weighted by molar-refractivity contribution is 5.07. The molecule has 0 amide bonds. The standard InChI is InChI=1S/C15H28N2/c1-14(2,16)10-17(3)15-7-11-4-12(8-15)6-13(5-11)9-15/h11-13H,4-10,16H2,1-3H3. The number of nitrogens with zero attached hydrogens (tertiary/aromatic N) is 1. The molecule has 0 aromatic rings. The summed E-state index contributed by atoms with van der Waals surface area (Å²) < 4.78 is 0. The van der Waals surface area contributed by atoms with E-state index in [1.807, 2.05) is 0 Å². The van der Waals surface area contributed by atoms with Gasteiger partial charge in [0.15, 0.2) is 0 Å². The molecule has 0 spiro atoms. The van der Waals surface area contributed by atoms with Crippen molar-refractivity contribution in [3.8, 4) is 0 Å². The summed E-state index contributed by atoms with van der Waals surface area (Å²) in [5.41, 5.74) is 6.68. The van der Waals surface area contributed by atoms with Crippen molar-refractivity contribution in [1.82, 2.24) is 4.90 Å². The van der Waals surface area contributed by atoms with Crippen molar-refractivity contribution in [2.24, 2.45) is 23.5 Å². The predicted octanol–water partition coefficient (Wildman–Crippen LogP) is 2.62. The Balaban J connectivity index is 1.77. The first kappa shape index (κ1) is 12.0. The van der Waals surface area contributed by atoms with Gasteiger partial charge in [-0.1, -0.05) is 0 Å². The van der Waals surface area contributed by atoms with Crippen LogP contribution in [0.5, 0.6) is 0 Å². The molecular weight excluding hydrogens is 208 g/mol. The zero-order valence-electron chi connectivity index (χ0n) is 11.7. The summed E-state index contributed by atoms with van der Waals surface area (Å²) in [5, 5.41) is 0. The molecule has 4 rings (SSSR count). The van der Waals surface area contributed by atoms with Gasteiger partial charge in [-0.3, -0.25) is 4.90 Å². The van der Waals surface area contributed by atoms with E-state index in [0.717, 1.165) is 24.3 Å². The van der Waals surface area contributed by atoms with Crippen LogP contribution in [0.25, 0.3) is 0 Å². The lowest BCUT2D eigenvalue weighted by molar-refractivity contribution is -0.0833. The number of hydrogen-bond acceptors (Lipinski definition) is 2. The summed E-state index contributed by atoms with van der Waals surface area (Å²) in [4.78, 5) is 2.62. The molecule has 0 atom stereocenters. The molecule has 4 fully saturated rings. The number of hydrogen-bond donors (Lipinski definition) is 1. The van der Waals surface area contributed by atoms with Crippen LogP contribution in [0, 0.1) is 17.8 Å². The first-order valence-corrected chi connectivity index (χ1v) is 7.36. The Morgan fingerprint density at radius 2 is 1.47 bits per heavy atom. The lowest BCUT2D eigenvalue weighted by atomic mass is 9.52. The van der Waals surface area contributed by atoms with E-state index in [9.17, 15) is 0 Å². The third-order valence-electron chi connectivity index (χ3n) is 5.46. The van der Waals surface area contributed by atoms with Gasteiger partial charge in [-0.05, 0) is 77.2 Å². The maximum absolute atomic E-state index is 6.21. The lowest BCUT2D eigenvalue weighted by Crippen LogP contribution is -2.61. The minimum atomic E-state index is -0.0575. The number of nitrogens with two attached hydrogens (primary N) is 1. The summed E-state index contributed by atoms with van der Waals surface area (Å²) >= 11 is 0. The first-order valence-electron chi connectivity index (χ1n) is 7.36. The Kier molecular flexibility index (Phi) is 2.61. The fourth-order valence-electron chi connectivity index (χ4n) is 5.31. The Hall–Kier alpha value is -0.0800. The van der Waals surface area contributed by atoms with E-state index < -0.39 is 0 Å². The van der Waals surface area contributed by atoms with Crippen molar-refractivity contribution in [2.45, 2.75) is 63.5 Å². The molecule has 4 saturated carbocycles. The van der Waals surface area contributed by atoms with Gasteiger partial charge in [0.25, 0.3) is 0 Å². The molecule has 0 aromatic heterocycles. The van der Waals surface area contributed by atoms with Crippen molar-refractivity contribution in [1.29, 1.82) is 0 Å². The van der Waals surface area contributed by atoms with E-state index in [0.29, 0.717) is 5.54 Å². The molecule has 0 heterocycles. The molecule has 17 heavy (non-hydrogen) atoms. The fourth-order valence-corrected chi connectivity index (χ4v) is 5.31. The quantitative estimate of drug-likeness (QED) is 0.816. The van der Waals surface area contributed by atoms with Crippen LogP contribution in [0.15, 0.2) is 0 Å². The average Bonchev–Trinajstić information content (AvgIpc) is 2.12. The number of rotatable bonds is 3. The summed E-state index contributed by atoms with van der Waals surface area (Å²) in [5.74, 6) is 3.10. The van der Waals surface area contributed by atoms with E-state index in [4.69, 9.17) is 5.73 Å². The smallest absolute Gasteiger partial charge is 0.0226 e. The van der Waals surface area contributed by atoms with Crippen molar-refractivity contribution in [3.05, 3.63) is 0 Å². The first-order chi connectivity index (χ1) is 7.86. The second kappa shape index (κ2) is 3.71. The predicted molar refractivity (Wildman–Crippen MR) is 71.8 cm³/mol. The van der Waals surface area contributed by atoms with Crippen LogP contribution in [-0.4, -0.2) is 29.6 Å². The fraction of sp³-hybridized carbons (Fsp3) is 1.00. The topological polar surface area (TPSA) is 29.3 Å². The summed E-state index contributed by atoms with van der Waals surface area (Å²) in [7, 11) is 2.32. The molecule has 4 bridgehead atoms. The minimum absolute atomic E-state index is 0.0575. The third kappa shape index (κ3) is 2.15. The van der Waals surface area contributed by atoms with Crippen molar-refractivity contribution < 1.29 is 0 Å². The second-order valence-electron chi connectivity index (χ2n) is 7.99. The van der Waals surface area contributed by atoms with Gasteiger partial charge in [0.2, 0.25) is 0 Å². The van der Waals surface area contributed by atoms with Crippen LogP contribution in [0.1, 0.15) is 52.4 Å². The van der Waals surface area contributed by atoms with Crippen LogP contribution in [0.2, 0.25) is 0 Å². The van der Waals surface area contributed by atoms with Gasteiger partial charge in [0.05, 0.1) is 0 Å². The molecule has 4 aliphatic carbocycles. The molecule has 98 valence electrons. The zero-order chi connectivity index (χ0) is 12.3. The maximum atomic E-state index is 6.21. The van der Waals surface area contributed by atoms with Gasteiger partial charge >= 0.3 is 0 Å². The van der Waals surface area contributed by atoms with Crippen LogP contribution in [0.3, 0.4) is 0 Å². The highest BCUT2D eigenvalue weighted by atomic mass is 15.2. The van der Waals surface area contributed by atoms with E-state index in [1.165, 1.54) is 38.5 Å². The van der Waals surface area contributed by atoms with Crippen LogP contribution < -0.4 is 5.73 Å². The highest BCUT2D eigenvalue weighted by Gasteiger charge is 2.52. The van der Waals surface area contributed by atoms with E-state index in [-0.39, 0.29) is 5.54 Å². The Morgan fingerprint density at radius 1 is 1.06 bits per heavy atom. The van der Waals surface area contributed by atoms with Crippen molar-refractivity contribution in [2.75, 3.05) is 13.6 Å². The molecule has 2 N–H and O–H groups in total. The molecule has 0 saturated heterocycles. The summed E-state index contributed by atoms with van der Waals surface area (Å²) in [6, 6.07) is 0. The Morgan fingerprint density at radius 3 is 1.82 bits per heavy atom. The van der Waals surface area contributed by atoms with E-state index in [2.05, 4.69) is 25.8 Å². The molecule has 0 unspecified atom stereocenters. The molecule has 0 aromatic carbocycles. The monoisotopic (exact) mass is 236 g/mol. The van der Waals surface area contributed by atoms with Gasteiger partial charge in [-0.25, -0.2) is 0 Å². The molecule has 2 heteroatoms. The van der Waals surface area contributed by atoms with Gasteiger partial charge in [-0.15, -0.1) is 0 Å².